The van der Waals surface area contributed by atoms with Crippen LogP contribution in [0.15, 0.2) is 0 Å². The lowest BCUT2D eigenvalue weighted by atomic mass is 10.0. The molecule has 0 aliphatic carbocycles. The summed E-state index contributed by atoms with van der Waals surface area (Å²) in [4.78, 5) is 107. The van der Waals surface area contributed by atoms with Crippen molar-refractivity contribution in [2.45, 2.75) is 457 Å². The molecule has 580 valence electrons. The average molecular weight is 1400 g/mol. The molecule has 0 radical (unpaired) electrons. The smallest absolute Gasteiger partial charge is 0.328 e. The third kappa shape index (κ3) is 68.0. The number of hydrogen-bond acceptors (Lipinski definition) is 12. The van der Waals surface area contributed by atoms with Gasteiger partial charge in [-0.25, -0.2) is 9.59 Å². The van der Waals surface area contributed by atoms with Gasteiger partial charge in [0.2, 0.25) is 17.7 Å². The monoisotopic (exact) mass is 1400 g/mol. The van der Waals surface area contributed by atoms with Crippen LogP contribution in [0.2, 0.25) is 0 Å². The summed E-state index contributed by atoms with van der Waals surface area (Å²) >= 11 is 0. The second-order valence-electron chi connectivity index (χ2n) is 29.0. The normalized spacial score (nSPS) is 12.2. The summed E-state index contributed by atoms with van der Waals surface area (Å²) in [7, 11) is 0. The lowest BCUT2D eigenvalue weighted by Gasteiger charge is -2.23. The maximum Gasteiger partial charge on any atom is 0.328 e. The highest BCUT2D eigenvalue weighted by atomic mass is 16.5. The van der Waals surface area contributed by atoms with Crippen LogP contribution in [-0.2, 0) is 57.3 Å². The predicted octanol–water partition coefficient (Wildman–Crippen LogP) is 21.7. The average Bonchev–Trinajstić information content (AvgIpc) is 0.943. The van der Waals surface area contributed by atoms with E-state index in [-0.39, 0.29) is 65.0 Å². The maximum absolute atomic E-state index is 14.3. The molecular formula is C83H155N3O13. The predicted molar refractivity (Wildman–Crippen MR) is 405 cm³/mol. The highest BCUT2D eigenvalue weighted by Crippen LogP contribution is 2.19. The molecule has 0 aromatic rings. The first-order valence-corrected chi connectivity index (χ1v) is 42.1. The van der Waals surface area contributed by atoms with Gasteiger partial charge in [-0.1, -0.05) is 362 Å². The number of nitrogens with one attached hydrogen (secondary N) is 3. The molecule has 0 saturated carbocycles. The molecule has 0 heterocycles. The Kier molecular flexibility index (Phi) is 71.7. The number of esters is 4. The number of carbonyl (C=O) groups excluding carboxylic acids is 7. The van der Waals surface area contributed by atoms with Crippen molar-refractivity contribution in [3.8, 4) is 0 Å². The summed E-state index contributed by atoms with van der Waals surface area (Å²) in [5.41, 5.74) is 0. The van der Waals surface area contributed by atoms with Crippen molar-refractivity contribution in [3.05, 3.63) is 0 Å². The number of unbranched alkanes of at least 4 members (excludes halogenated alkanes) is 52. The molecule has 0 aromatic carbocycles. The van der Waals surface area contributed by atoms with Crippen LogP contribution >= 0.6 is 0 Å². The van der Waals surface area contributed by atoms with E-state index in [9.17, 15) is 43.5 Å². The molecule has 3 amide bonds. The number of carboxylic acids is 1. The zero-order valence-corrected chi connectivity index (χ0v) is 64.7. The molecule has 0 saturated heterocycles. The van der Waals surface area contributed by atoms with Crippen LogP contribution in [0.1, 0.15) is 439 Å². The van der Waals surface area contributed by atoms with E-state index < -0.39 is 78.5 Å². The molecule has 0 aliphatic rings. The molecule has 99 heavy (non-hydrogen) atoms. The van der Waals surface area contributed by atoms with Crippen molar-refractivity contribution >= 4 is 47.6 Å². The molecule has 16 heteroatoms. The van der Waals surface area contributed by atoms with E-state index in [1.54, 1.807) is 0 Å². The Morgan fingerprint density at radius 2 is 0.455 bits per heavy atom. The van der Waals surface area contributed by atoms with Gasteiger partial charge >= 0.3 is 29.8 Å². The van der Waals surface area contributed by atoms with Gasteiger partial charge in [-0.2, -0.15) is 0 Å². The largest absolute Gasteiger partial charge is 0.481 e. The van der Waals surface area contributed by atoms with E-state index in [1.807, 2.05) is 0 Å². The highest BCUT2D eigenvalue weighted by Gasteiger charge is 2.30. The molecule has 3 atom stereocenters. The van der Waals surface area contributed by atoms with Crippen molar-refractivity contribution in [1.29, 1.82) is 0 Å². The Bertz CT molecular complexity index is 1900. The number of carboxylic acid groups (broad SMARTS) is 1. The fourth-order valence-electron chi connectivity index (χ4n) is 12.8. The van der Waals surface area contributed by atoms with E-state index in [2.05, 4.69) is 43.6 Å². The van der Waals surface area contributed by atoms with Crippen LogP contribution in [0.4, 0.5) is 0 Å². The Hall–Kier alpha value is -4.24. The van der Waals surface area contributed by atoms with Gasteiger partial charge in [0, 0.05) is 25.7 Å². The summed E-state index contributed by atoms with van der Waals surface area (Å²) < 4.78 is 22.6. The number of carbonyl (C=O) groups is 8. The van der Waals surface area contributed by atoms with Gasteiger partial charge < -0.3 is 40.0 Å². The number of amides is 3. The van der Waals surface area contributed by atoms with Gasteiger partial charge in [-0.15, -0.1) is 0 Å². The third-order valence-electron chi connectivity index (χ3n) is 19.4. The standard InChI is InChI=1S/C83H155N3O13/c1-5-9-13-17-21-25-29-33-37-41-45-49-53-57-69-96-79(91)67-62-74(82(94)98-71-59-55-51-47-43-39-35-31-27-23-19-15-11-7-3)85-76(87)64-61-73(84-77(88)65-66-78(89)90)81(93)86-75(83(95)99-72-60-56-52-48-44-40-36-32-28-24-20-16-12-8-4)63-68-80(92)97-70-58-54-50-46-42-38-34-30-26-22-18-14-10-6-2/h73-75H,5-72H2,1-4H3,(H,84,88)(H,85,87)(H,86,93)(H,89,90). The number of hydrogen-bond donors (Lipinski definition) is 4. The van der Waals surface area contributed by atoms with Crippen LogP contribution < -0.4 is 16.0 Å². The van der Waals surface area contributed by atoms with Gasteiger partial charge in [-0.05, 0) is 44.9 Å². The summed E-state index contributed by atoms with van der Waals surface area (Å²) in [6.45, 7) is 9.75. The van der Waals surface area contributed by atoms with Crippen molar-refractivity contribution < 1.29 is 62.4 Å². The van der Waals surface area contributed by atoms with E-state index in [1.165, 1.54) is 250 Å². The quantitative estimate of drug-likeness (QED) is 0.0253. The highest BCUT2D eigenvalue weighted by molar-refractivity contribution is 5.92. The second kappa shape index (κ2) is 74.9. The molecule has 16 nitrogen and oxygen atoms in total. The Morgan fingerprint density at radius 3 is 0.717 bits per heavy atom. The van der Waals surface area contributed by atoms with Crippen LogP contribution in [0.25, 0.3) is 0 Å². The van der Waals surface area contributed by atoms with Gasteiger partial charge in [0.25, 0.3) is 0 Å². The molecule has 0 spiro atoms. The van der Waals surface area contributed by atoms with Gasteiger partial charge in [-0.3, -0.25) is 28.8 Å². The van der Waals surface area contributed by atoms with E-state index >= 15 is 0 Å². The second-order valence-corrected chi connectivity index (χ2v) is 29.0. The summed E-state index contributed by atoms with van der Waals surface area (Å²) in [6.07, 6.45) is 64.5. The van der Waals surface area contributed by atoms with Gasteiger partial charge in [0.05, 0.1) is 32.8 Å². The lowest BCUT2D eigenvalue weighted by molar-refractivity contribution is -0.150. The molecule has 0 rings (SSSR count). The summed E-state index contributed by atoms with van der Waals surface area (Å²) in [5, 5.41) is 17.3. The summed E-state index contributed by atoms with van der Waals surface area (Å²) in [6, 6.07) is -3.94. The van der Waals surface area contributed by atoms with Crippen LogP contribution in [-0.4, -0.2) is 97.2 Å². The van der Waals surface area contributed by atoms with Gasteiger partial charge in [0.15, 0.2) is 0 Å². The number of rotatable bonds is 78. The van der Waals surface area contributed by atoms with Crippen molar-refractivity contribution in [2.75, 3.05) is 26.4 Å². The van der Waals surface area contributed by atoms with Crippen LogP contribution in [0.5, 0.6) is 0 Å². The fourth-order valence-corrected chi connectivity index (χ4v) is 12.8. The maximum atomic E-state index is 14.3. The van der Waals surface area contributed by atoms with Crippen LogP contribution in [0.3, 0.4) is 0 Å². The minimum absolute atomic E-state index is 0.0816. The molecule has 0 fully saturated rings. The van der Waals surface area contributed by atoms with Crippen molar-refractivity contribution in [2.24, 2.45) is 0 Å². The minimum atomic E-state index is -1.43. The topological polar surface area (TPSA) is 230 Å². The zero-order chi connectivity index (χ0) is 72.4. The number of ether oxygens (including phenoxy) is 4. The third-order valence-corrected chi connectivity index (χ3v) is 19.4. The van der Waals surface area contributed by atoms with Crippen molar-refractivity contribution in [3.63, 3.8) is 0 Å². The summed E-state index contributed by atoms with van der Waals surface area (Å²) in [5.74, 6) is -5.94. The first-order valence-electron chi connectivity index (χ1n) is 42.1. The fraction of sp³-hybridized carbons (Fsp3) is 0.904. The van der Waals surface area contributed by atoms with E-state index in [0.717, 1.165) is 96.3 Å². The van der Waals surface area contributed by atoms with Gasteiger partial charge in [0.1, 0.15) is 18.1 Å². The zero-order valence-electron chi connectivity index (χ0n) is 64.7. The van der Waals surface area contributed by atoms with E-state index in [0.29, 0.717) is 12.8 Å². The molecule has 0 bridgehead atoms. The first kappa shape index (κ1) is 94.8. The molecule has 3 unspecified atom stereocenters. The first-order chi connectivity index (χ1) is 48.4. The molecule has 0 aliphatic heterocycles. The Morgan fingerprint density at radius 1 is 0.242 bits per heavy atom. The SMILES string of the molecule is CCCCCCCCCCCCCCCCOC(=O)CCC(NC(=O)CCC(NC(=O)CCC(=O)O)C(=O)NC(CCC(=O)OCCCCCCCCCCCCCCCC)C(=O)OCCCCCCCCCCCCCCCC)C(=O)OCCCCCCCCCCCCCCCC. The Balaban J connectivity index is 5.86. The Labute approximate surface area is 606 Å². The number of aliphatic carboxylic acids is 1. The molecule has 4 N–H and O–H groups in total. The van der Waals surface area contributed by atoms with Crippen molar-refractivity contribution in [1.82, 2.24) is 16.0 Å². The minimum Gasteiger partial charge on any atom is -0.481 e. The van der Waals surface area contributed by atoms with Crippen LogP contribution in [0, 0.1) is 0 Å². The lowest BCUT2D eigenvalue weighted by Crippen LogP contribution is -2.52. The molecule has 0 aromatic heterocycles. The van der Waals surface area contributed by atoms with E-state index in [4.69, 9.17) is 18.9 Å². The molecular weight excluding hydrogens is 1250 g/mol.